The first-order valence-electron chi connectivity index (χ1n) is 7.02. The molecular formula is C14H21N3O3S. The summed E-state index contributed by atoms with van der Waals surface area (Å²) in [6, 6.07) is 6.00. The van der Waals surface area contributed by atoms with Crippen LogP contribution < -0.4 is 15.4 Å². The van der Waals surface area contributed by atoms with Crippen LogP contribution in [0.15, 0.2) is 29.2 Å². The van der Waals surface area contributed by atoms with E-state index in [1.165, 1.54) is 19.2 Å². The fourth-order valence-corrected chi connectivity index (χ4v) is 3.25. The van der Waals surface area contributed by atoms with E-state index in [0.717, 1.165) is 19.4 Å². The van der Waals surface area contributed by atoms with Gasteiger partial charge in [-0.1, -0.05) is 13.0 Å². The molecule has 1 amide bonds. The molecule has 21 heavy (non-hydrogen) atoms. The molecule has 0 aromatic heterocycles. The minimum absolute atomic E-state index is 0.124. The number of benzene rings is 1. The van der Waals surface area contributed by atoms with Crippen molar-refractivity contribution >= 4 is 21.6 Å². The Bertz CT molecular complexity index is 616. The molecule has 1 aliphatic rings. The Morgan fingerprint density at radius 3 is 2.81 bits per heavy atom. The number of nitrogens with one attached hydrogen (secondary N) is 3. The Labute approximate surface area is 125 Å². The van der Waals surface area contributed by atoms with Gasteiger partial charge in [0.1, 0.15) is 0 Å². The molecule has 1 aliphatic heterocycles. The number of rotatable bonds is 4. The monoisotopic (exact) mass is 311 g/mol. The van der Waals surface area contributed by atoms with Crippen LogP contribution in [-0.4, -0.2) is 34.0 Å². The van der Waals surface area contributed by atoms with Gasteiger partial charge < -0.3 is 10.6 Å². The third-order valence-corrected chi connectivity index (χ3v) is 5.14. The number of sulfonamides is 1. The summed E-state index contributed by atoms with van der Waals surface area (Å²) in [5, 5.41) is 5.99. The summed E-state index contributed by atoms with van der Waals surface area (Å²) < 4.78 is 25.8. The molecule has 0 aliphatic carbocycles. The molecule has 3 N–H and O–H groups in total. The maximum atomic E-state index is 12.3. The summed E-state index contributed by atoms with van der Waals surface area (Å²) >= 11 is 0. The molecule has 1 fully saturated rings. The SMILES string of the molecule is CNS(=O)(=O)c1cccc(NC(=O)C2NCCCC2C)c1. The minimum atomic E-state index is -3.51. The van der Waals surface area contributed by atoms with Gasteiger partial charge in [-0.2, -0.15) is 0 Å². The van der Waals surface area contributed by atoms with Gasteiger partial charge >= 0.3 is 0 Å². The maximum absolute atomic E-state index is 12.3. The van der Waals surface area contributed by atoms with E-state index in [-0.39, 0.29) is 22.8 Å². The highest BCUT2D eigenvalue weighted by Crippen LogP contribution is 2.19. The van der Waals surface area contributed by atoms with Crippen molar-refractivity contribution in [2.75, 3.05) is 18.9 Å². The molecule has 1 aromatic rings. The largest absolute Gasteiger partial charge is 0.325 e. The van der Waals surface area contributed by atoms with Crippen molar-refractivity contribution in [3.63, 3.8) is 0 Å². The predicted molar refractivity (Wildman–Crippen MR) is 81.5 cm³/mol. The highest BCUT2D eigenvalue weighted by molar-refractivity contribution is 7.89. The van der Waals surface area contributed by atoms with Gasteiger partial charge in [-0.3, -0.25) is 4.79 Å². The second-order valence-corrected chi connectivity index (χ2v) is 7.16. The van der Waals surface area contributed by atoms with Gasteiger partial charge in [0.25, 0.3) is 0 Å². The average molecular weight is 311 g/mol. The summed E-state index contributed by atoms with van der Waals surface area (Å²) in [4.78, 5) is 12.4. The fourth-order valence-electron chi connectivity index (χ4n) is 2.48. The number of hydrogen-bond donors (Lipinski definition) is 3. The van der Waals surface area contributed by atoms with Crippen LogP contribution in [0.4, 0.5) is 5.69 Å². The average Bonchev–Trinajstić information content (AvgIpc) is 2.48. The molecule has 0 spiro atoms. The van der Waals surface area contributed by atoms with Crippen molar-refractivity contribution in [2.45, 2.75) is 30.7 Å². The van der Waals surface area contributed by atoms with E-state index in [1.54, 1.807) is 12.1 Å². The number of carbonyl (C=O) groups excluding carboxylic acids is 1. The standard InChI is InChI=1S/C14H21N3O3S/c1-10-5-4-8-16-13(10)14(18)17-11-6-3-7-12(9-11)21(19,20)15-2/h3,6-7,9-10,13,15-16H,4-5,8H2,1-2H3,(H,17,18). The van der Waals surface area contributed by atoms with Gasteiger partial charge in [0.05, 0.1) is 10.9 Å². The Morgan fingerprint density at radius 1 is 1.38 bits per heavy atom. The van der Waals surface area contributed by atoms with Crippen molar-refractivity contribution in [3.05, 3.63) is 24.3 Å². The molecule has 1 heterocycles. The first kappa shape index (κ1) is 15.9. The van der Waals surface area contributed by atoms with E-state index < -0.39 is 10.0 Å². The van der Waals surface area contributed by atoms with Crippen LogP contribution >= 0.6 is 0 Å². The van der Waals surface area contributed by atoms with Gasteiger partial charge in [-0.15, -0.1) is 0 Å². The zero-order valence-corrected chi connectivity index (χ0v) is 13.0. The van der Waals surface area contributed by atoms with Crippen molar-refractivity contribution in [1.82, 2.24) is 10.0 Å². The second-order valence-electron chi connectivity index (χ2n) is 5.28. The molecular weight excluding hydrogens is 290 g/mol. The van der Waals surface area contributed by atoms with Crippen LogP contribution in [0.5, 0.6) is 0 Å². The van der Waals surface area contributed by atoms with E-state index in [9.17, 15) is 13.2 Å². The molecule has 2 rings (SSSR count). The third-order valence-electron chi connectivity index (χ3n) is 3.73. The van der Waals surface area contributed by atoms with Gasteiger partial charge in [0.15, 0.2) is 0 Å². The summed E-state index contributed by atoms with van der Waals surface area (Å²) in [6.07, 6.45) is 2.08. The lowest BCUT2D eigenvalue weighted by atomic mass is 9.92. The first-order chi connectivity index (χ1) is 9.94. The summed E-state index contributed by atoms with van der Waals surface area (Å²) in [7, 11) is -2.15. The lowest BCUT2D eigenvalue weighted by Gasteiger charge is -2.28. The van der Waals surface area contributed by atoms with E-state index >= 15 is 0 Å². The molecule has 7 heteroatoms. The van der Waals surface area contributed by atoms with E-state index in [4.69, 9.17) is 0 Å². The number of piperidine rings is 1. The van der Waals surface area contributed by atoms with Crippen molar-refractivity contribution in [3.8, 4) is 0 Å². The molecule has 2 atom stereocenters. The smallest absolute Gasteiger partial charge is 0.241 e. The van der Waals surface area contributed by atoms with Crippen LogP contribution in [0.3, 0.4) is 0 Å². The highest BCUT2D eigenvalue weighted by Gasteiger charge is 2.27. The van der Waals surface area contributed by atoms with Crippen LogP contribution in [0.2, 0.25) is 0 Å². The maximum Gasteiger partial charge on any atom is 0.241 e. The molecule has 6 nitrogen and oxygen atoms in total. The summed E-state index contributed by atoms with van der Waals surface area (Å²) in [5.74, 6) is 0.143. The van der Waals surface area contributed by atoms with Gasteiger partial charge in [0, 0.05) is 5.69 Å². The Balaban J connectivity index is 2.13. The lowest BCUT2D eigenvalue weighted by molar-refractivity contribution is -0.119. The van der Waals surface area contributed by atoms with Crippen LogP contribution in [0.1, 0.15) is 19.8 Å². The molecule has 1 saturated heterocycles. The summed E-state index contributed by atoms with van der Waals surface area (Å²) in [6.45, 7) is 2.87. The third kappa shape index (κ3) is 3.81. The minimum Gasteiger partial charge on any atom is -0.325 e. The Hall–Kier alpha value is -1.44. The predicted octanol–water partition coefficient (Wildman–Crippen LogP) is 0.921. The quantitative estimate of drug-likeness (QED) is 0.772. The summed E-state index contributed by atoms with van der Waals surface area (Å²) in [5.41, 5.74) is 0.482. The molecule has 0 saturated carbocycles. The van der Waals surface area contributed by atoms with Gasteiger partial charge in [-0.25, -0.2) is 13.1 Å². The second kappa shape index (κ2) is 6.55. The van der Waals surface area contributed by atoms with Crippen LogP contribution in [-0.2, 0) is 14.8 Å². The fraction of sp³-hybridized carbons (Fsp3) is 0.500. The lowest BCUT2D eigenvalue weighted by Crippen LogP contribution is -2.48. The van der Waals surface area contributed by atoms with Crippen molar-refractivity contribution in [1.29, 1.82) is 0 Å². The molecule has 116 valence electrons. The van der Waals surface area contributed by atoms with E-state index in [2.05, 4.69) is 15.4 Å². The van der Waals surface area contributed by atoms with E-state index in [1.807, 2.05) is 6.92 Å². The number of amides is 1. The Morgan fingerprint density at radius 2 is 2.14 bits per heavy atom. The first-order valence-corrected chi connectivity index (χ1v) is 8.50. The zero-order chi connectivity index (χ0) is 15.5. The number of anilines is 1. The Kier molecular flexibility index (Phi) is 4.97. The normalized spacial score (nSPS) is 22.8. The number of hydrogen-bond acceptors (Lipinski definition) is 4. The molecule has 1 aromatic carbocycles. The molecule has 2 unspecified atom stereocenters. The topological polar surface area (TPSA) is 87.3 Å². The van der Waals surface area contributed by atoms with Gasteiger partial charge in [-0.05, 0) is 50.6 Å². The molecule has 0 bridgehead atoms. The van der Waals surface area contributed by atoms with Gasteiger partial charge in [0.2, 0.25) is 15.9 Å². The van der Waals surface area contributed by atoms with Crippen LogP contribution in [0, 0.1) is 5.92 Å². The van der Waals surface area contributed by atoms with Crippen molar-refractivity contribution in [2.24, 2.45) is 5.92 Å². The van der Waals surface area contributed by atoms with Crippen LogP contribution in [0.25, 0.3) is 0 Å². The highest BCUT2D eigenvalue weighted by atomic mass is 32.2. The van der Waals surface area contributed by atoms with Crippen molar-refractivity contribution < 1.29 is 13.2 Å². The number of carbonyl (C=O) groups is 1. The zero-order valence-electron chi connectivity index (χ0n) is 12.2. The van der Waals surface area contributed by atoms with E-state index in [0.29, 0.717) is 5.69 Å². The molecule has 0 radical (unpaired) electrons.